The molecule has 0 saturated carbocycles. The second-order valence-corrected chi connectivity index (χ2v) is 14.8. The monoisotopic (exact) mass is 753 g/mol. The van der Waals surface area contributed by atoms with Crippen molar-refractivity contribution < 1.29 is 4.42 Å². The lowest BCUT2D eigenvalue weighted by Gasteiger charge is -2.13. The molecule has 3 aromatic heterocycles. The average Bonchev–Trinajstić information content (AvgIpc) is 3.72. The summed E-state index contributed by atoms with van der Waals surface area (Å²) in [5.74, 6) is 0.675. The molecule has 0 aliphatic carbocycles. The normalized spacial score (nSPS) is 11.4. The molecule has 0 saturated heterocycles. The molecule has 3 heterocycles. The van der Waals surface area contributed by atoms with Crippen molar-refractivity contribution in [3.05, 3.63) is 212 Å². The van der Waals surface area contributed by atoms with Crippen molar-refractivity contribution in [3.63, 3.8) is 0 Å². The molecule has 0 fully saturated rings. The maximum Gasteiger partial charge on any atom is 0.162 e. The molecule has 276 valence electrons. The van der Waals surface area contributed by atoms with Crippen LogP contribution in [0.1, 0.15) is 0 Å². The molecule has 8 aromatic carbocycles. The fourth-order valence-corrected chi connectivity index (χ4v) is 8.23. The first-order valence-electron chi connectivity index (χ1n) is 19.8. The summed E-state index contributed by atoms with van der Waals surface area (Å²) < 4.78 is 6.77. The van der Waals surface area contributed by atoms with E-state index in [0.717, 1.165) is 94.4 Å². The van der Waals surface area contributed by atoms with E-state index in [0.29, 0.717) is 5.82 Å². The van der Waals surface area contributed by atoms with Gasteiger partial charge in [-0.2, -0.15) is 0 Å². The third-order valence-corrected chi connectivity index (χ3v) is 11.1. The van der Waals surface area contributed by atoms with E-state index in [-0.39, 0.29) is 0 Å². The Morgan fingerprint density at radius 2 is 0.814 bits per heavy atom. The molecule has 11 rings (SSSR count). The second kappa shape index (κ2) is 14.5. The Bertz CT molecular complexity index is 3260. The average molecular weight is 754 g/mol. The van der Waals surface area contributed by atoms with Crippen LogP contribution in [-0.2, 0) is 0 Å². The zero-order valence-electron chi connectivity index (χ0n) is 32.0. The maximum absolute atomic E-state index is 6.77. The number of benzene rings is 8. The Kier molecular flexibility index (Phi) is 8.45. The van der Waals surface area contributed by atoms with E-state index >= 15 is 0 Å². The van der Waals surface area contributed by atoms with E-state index in [9.17, 15) is 0 Å². The SMILES string of the molecule is c1ccc(-c2cccc(-c3cccc4nc(-c5cccc(-c6cccc(-c7nc(-c8ccccc8)cc(-c8ccccc8)n7)c6)c5)c5oc6ccccc6c5c34)c2)cc1. The highest BCUT2D eigenvalue weighted by molar-refractivity contribution is 6.24. The Balaban J connectivity index is 1.04. The third kappa shape index (κ3) is 6.34. The molecule has 0 aliphatic heterocycles. The quantitative estimate of drug-likeness (QED) is 0.163. The highest BCUT2D eigenvalue weighted by atomic mass is 16.3. The molecule has 0 amide bonds. The summed E-state index contributed by atoms with van der Waals surface area (Å²) in [6.45, 7) is 0. The zero-order chi connectivity index (χ0) is 39.1. The number of rotatable bonds is 7. The number of furan rings is 1. The standard InChI is InChI=1S/C55H35N3O/c1-4-16-36(17-5-1)39-22-12-25-42(32-39)45-29-15-30-47-51(45)52-46-28-10-11-31-50(46)59-54(52)53(56-47)43-26-13-23-40(33-43)41-24-14-27-44(34-41)55-57-48(37-18-6-2-7-19-37)35-49(58-55)38-20-8-3-9-21-38/h1-35H. The fraction of sp³-hybridized carbons (Fsp3) is 0. The van der Waals surface area contributed by atoms with Gasteiger partial charge in [0.25, 0.3) is 0 Å². The molecule has 0 N–H and O–H groups in total. The number of para-hydroxylation sites is 1. The van der Waals surface area contributed by atoms with Crippen LogP contribution in [0.2, 0.25) is 0 Å². The van der Waals surface area contributed by atoms with Gasteiger partial charge in [-0.1, -0.05) is 176 Å². The summed E-state index contributed by atoms with van der Waals surface area (Å²) in [5.41, 5.74) is 15.8. The van der Waals surface area contributed by atoms with Crippen molar-refractivity contribution >= 4 is 32.8 Å². The first-order chi connectivity index (χ1) is 29.2. The van der Waals surface area contributed by atoms with Gasteiger partial charge in [0.15, 0.2) is 11.4 Å². The summed E-state index contributed by atoms with van der Waals surface area (Å²) in [6, 6.07) is 73.7. The minimum absolute atomic E-state index is 0.675. The minimum atomic E-state index is 0.675. The topological polar surface area (TPSA) is 51.8 Å². The van der Waals surface area contributed by atoms with Crippen molar-refractivity contribution in [3.8, 4) is 78.5 Å². The van der Waals surface area contributed by atoms with E-state index in [1.807, 2.05) is 48.5 Å². The number of aromatic nitrogens is 3. The fourth-order valence-electron chi connectivity index (χ4n) is 8.23. The van der Waals surface area contributed by atoms with Gasteiger partial charge in [0.05, 0.1) is 16.9 Å². The third-order valence-electron chi connectivity index (χ3n) is 11.1. The first-order valence-corrected chi connectivity index (χ1v) is 19.8. The minimum Gasteiger partial charge on any atom is -0.454 e. The van der Waals surface area contributed by atoms with E-state index in [1.54, 1.807) is 0 Å². The molecule has 0 unspecified atom stereocenters. The molecule has 0 atom stereocenters. The van der Waals surface area contributed by atoms with Crippen LogP contribution in [0, 0.1) is 0 Å². The van der Waals surface area contributed by atoms with Crippen LogP contribution in [-0.4, -0.2) is 15.0 Å². The molecule has 0 bridgehead atoms. The summed E-state index contributed by atoms with van der Waals surface area (Å²) in [6.07, 6.45) is 0. The molecule has 4 heteroatoms. The van der Waals surface area contributed by atoms with Gasteiger partial charge in [-0.25, -0.2) is 15.0 Å². The van der Waals surface area contributed by atoms with Crippen LogP contribution in [0.25, 0.3) is 111 Å². The van der Waals surface area contributed by atoms with Gasteiger partial charge in [0.1, 0.15) is 11.3 Å². The van der Waals surface area contributed by atoms with E-state index in [4.69, 9.17) is 19.4 Å². The Morgan fingerprint density at radius 3 is 1.49 bits per heavy atom. The van der Waals surface area contributed by atoms with Crippen molar-refractivity contribution in [1.29, 1.82) is 0 Å². The van der Waals surface area contributed by atoms with E-state index < -0.39 is 0 Å². The molecule has 59 heavy (non-hydrogen) atoms. The number of pyridine rings is 1. The van der Waals surface area contributed by atoms with Crippen LogP contribution in [0.3, 0.4) is 0 Å². The van der Waals surface area contributed by atoms with Gasteiger partial charge in [-0.15, -0.1) is 0 Å². The Hall–Kier alpha value is -7.95. The second-order valence-electron chi connectivity index (χ2n) is 14.8. The van der Waals surface area contributed by atoms with E-state index in [1.165, 1.54) is 11.1 Å². The number of fused-ring (bicyclic) bond motifs is 5. The van der Waals surface area contributed by atoms with E-state index in [2.05, 4.69) is 164 Å². The molecule has 4 nitrogen and oxygen atoms in total. The summed E-state index contributed by atoms with van der Waals surface area (Å²) >= 11 is 0. The van der Waals surface area contributed by atoms with Gasteiger partial charge in [-0.3, -0.25) is 0 Å². The molecule has 11 aromatic rings. The molecular formula is C55H35N3O. The molecule has 0 aliphatic rings. The van der Waals surface area contributed by atoms with Gasteiger partial charge in [-0.05, 0) is 69.8 Å². The summed E-state index contributed by atoms with van der Waals surface area (Å²) in [7, 11) is 0. The summed E-state index contributed by atoms with van der Waals surface area (Å²) in [5, 5.41) is 3.22. The molecule has 0 radical (unpaired) electrons. The largest absolute Gasteiger partial charge is 0.454 e. The lowest BCUT2D eigenvalue weighted by Crippen LogP contribution is -1.96. The van der Waals surface area contributed by atoms with Crippen molar-refractivity contribution in [1.82, 2.24) is 15.0 Å². The molecular weight excluding hydrogens is 719 g/mol. The van der Waals surface area contributed by atoms with Crippen LogP contribution in [0.15, 0.2) is 217 Å². The predicted octanol–water partition coefficient (Wildman–Crippen LogP) is 14.6. The smallest absolute Gasteiger partial charge is 0.162 e. The van der Waals surface area contributed by atoms with Crippen molar-refractivity contribution in [2.45, 2.75) is 0 Å². The van der Waals surface area contributed by atoms with Gasteiger partial charge in [0.2, 0.25) is 0 Å². The van der Waals surface area contributed by atoms with Crippen LogP contribution in [0.4, 0.5) is 0 Å². The van der Waals surface area contributed by atoms with Gasteiger partial charge in [0, 0.05) is 38.4 Å². The maximum atomic E-state index is 6.77. The number of hydrogen-bond donors (Lipinski definition) is 0. The predicted molar refractivity (Wildman–Crippen MR) is 243 cm³/mol. The van der Waals surface area contributed by atoms with Crippen molar-refractivity contribution in [2.75, 3.05) is 0 Å². The molecule has 0 spiro atoms. The first kappa shape index (κ1) is 34.3. The summed E-state index contributed by atoms with van der Waals surface area (Å²) in [4.78, 5) is 15.6. The highest BCUT2D eigenvalue weighted by Crippen LogP contribution is 2.44. The lowest BCUT2D eigenvalue weighted by atomic mass is 9.93. The van der Waals surface area contributed by atoms with Gasteiger partial charge >= 0.3 is 0 Å². The van der Waals surface area contributed by atoms with Crippen molar-refractivity contribution in [2.24, 2.45) is 0 Å². The van der Waals surface area contributed by atoms with Crippen LogP contribution < -0.4 is 0 Å². The highest BCUT2D eigenvalue weighted by Gasteiger charge is 2.21. The number of hydrogen-bond acceptors (Lipinski definition) is 4. The zero-order valence-corrected chi connectivity index (χ0v) is 32.0. The lowest BCUT2D eigenvalue weighted by molar-refractivity contribution is 0.669. The van der Waals surface area contributed by atoms with Gasteiger partial charge < -0.3 is 4.42 Å². The number of nitrogens with zero attached hydrogens (tertiary/aromatic N) is 3. The van der Waals surface area contributed by atoms with Crippen LogP contribution >= 0.6 is 0 Å². The van der Waals surface area contributed by atoms with Crippen LogP contribution in [0.5, 0.6) is 0 Å². The Labute approximate surface area is 341 Å². The Morgan fingerprint density at radius 1 is 0.322 bits per heavy atom.